The number of nitrogens with one attached hydrogen (secondary N) is 1. The van der Waals surface area contributed by atoms with Gasteiger partial charge in [-0.3, -0.25) is 4.84 Å². The lowest BCUT2D eigenvalue weighted by atomic mass is 10.2. The second-order valence-electron chi connectivity index (χ2n) is 4.90. The van der Waals surface area contributed by atoms with Crippen LogP contribution in [-0.4, -0.2) is 36.3 Å². The number of nitrogen functional groups attached to an aromatic ring is 1. The summed E-state index contributed by atoms with van der Waals surface area (Å²) in [5, 5.41) is 13.4. The van der Waals surface area contributed by atoms with Crippen LogP contribution in [0.4, 0.5) is 16.2 Å². The Morgan fingerprint density at radius 3 is 2.26 bits per heavy atom. The van der Waals surface area contributed by atoms with Crippen molar-refractivity contribution in [2.75, 3.05) is 25.2 Å². The van der Waals surface area contributed by atoms with Crippen molar-refractivity contribution in [1.29, 1.82) is 0 Å². The summed E-state index contributed by atoms with van der Waals surface area (Å²) >= 11 is 22.7. The summed E-state index contributed by atoms with van der Waals surface area (Å²) in [6.07, 6.45) is 0. The highest BCUT2D eigenvalue weighted by Crippen LogP contribution is 2.27. The predicted molar refractivity (Wildman–Crippen MR) is 108 cm³/mol. The number of urea groups is 1. The zero-order chi connectivity index (χ0) is 20.7. The van der Waals surface area contributed by atoms with E-state index in [0.29, 0.717) is 15.7 Å². The Morgan fingerprint density at radius 1 is 1.11 bits per heavy atom. The van der Waals surface area contributed by atoms with Crippen LogP contribution in [0.15, 0.2) is 30.3 Å². The lowest BCUT2D eigenvalue weighted by Gasteiger charge is -2.14. The molecule has 0 bridgehead atoms. The molecule has 0 aliphatic carbocycles. The number of hydroxylamine groups is 2. The van der Waals surface area contributed by atoms with Gasteiger partial charge in [-0.05, 0) is 30.3 Å². The van der Waals surface area contributed by atoms with Crippen molar-refractivity contribution in [1.82, 2.24) is 5.06 Å². The maximum atomic E-state index is 11.4. The summed E-state index contributed by atoms with van der Waals surface area (Å²) in [5.41, 5.74) is 6.02. The minimum Gasteiger partial charge on any atom is -0.478 e. The van der Waals surface area contributed by atoms with E-state index in [1.54, 1.807) is 18.2 Å². The minimum absolute atomic E-state index is 0.0203. The van der Waals surface area contributed by atoms with Gasteiger partial charge >= 0.3 is 12.0 Å². The molecule has 0 saturated carbocycles. The first-order valence-corrected chi connectivity index (χ1v) is 8.59. The molecule has 0 saturated heterocycles. The van der Waals surface area contributed by atoms with Gasteiger partial charge in [0.05, 0.1) is 33.4 Å². The van der Waals surface area contributed by atoms with Crippen LogP contribution < -0.4 is 11.1 Å². The average molecular weight is 455 g/mol. The van der Waals surface area contributed by atoms with Crippen LogP contribution in [0.1, 0.15) is 10.4 Å². The predicted octanol–water partition coefficient (Wildman–Crippen LogP) is 5.29. The van der Waals surface area contributed by atoms with Crippen LogP contribution in [0, 0.1) is 0 Å². The molecule has 0 spiro atoms. The van der Waals surface area contributed by atoms with E-state index < -0.39 is 12.0 Å². The number of nitrogens with zero attached hydrogens (tertiary/aromatic N) is 1. The summed E-state index contributed by atoms with van der Waals surface area (Å²) in [7, 11) is 2.89. The molecule has 0 fully saturated rings. The SMILES string of the molecule is CON(C)C(=O)Nc1ccc(Cl)c(Cl)c1.Nc1cc(Cl)cc(C(=O)O)c1Cl. The second-order valence-corrected chi connectivity index (χ2v) is 6.53. The standard InChI is InChI=1S/C9H10Cl2N2O2.C7H5Cl2NO2/c1-13(15-2)9(14)12-6-3-4-7(10)8(11)5-6;8-3-1-4(7(11)12)6(9)5(10)2-3/h3-5H,1-2H3,(H,12,14);1-2H,10H2,(H,11,12). The summed E-state index contributed by atoms with van der Waals surface area (Å²) < 4.78 is 0. The average Bonchev–Trinajstić information content (AvgIpc) is 2.60. The number of benzene rings is 2. The third-order valence-electron chi connectivity index (χ3n) is 3.03. The molecule has 0 aliphatic rings. The van der Waals surface area contributed by atoms with Gasteiger partial charge < -0.3 is 16.2 Å². The van der Waals surface area contributed by atoms with Gasteiger partial charge in [-0.2, -0.15) is 0 Å². The van der Waals surface area contributed by atoms with Gasteiger partial charge in [-0.1, -0.05) is 46.4 Å². The number of aromatic carboxylic acids is 1. The molecule has 7 nitrogen and oxygen atoms in total. The Balaban J connectivity index is 0.000000277. The molecule has 11 heteroatoms. The smallest absolute Gasteiger partial charge is 0.345 e. The summed E-state index contributed by atoms with van der Waals surface area (Å²) in [6, 6.07) is 7.07. The molecule has 0 unspecified atom stereocenters. The molecule has 0 atom stereocenters. The maximum Gasteiger partial charge on any atom is 0.345 e. The molecule has 0 radical (unpaired) electrons. The van der Waals surface area contributed by atoms with Crippen LogP contribution in [0.25, 0.3) is 0 Å². The number of carboxylic acid groups (broad SMARTS) is 1. The number of carbonyl (C=O) groups excluding carboxylic acids is 1. The number of halogens is 4. The third kappa shape index (κ3) is 6.97. The Morgan fingerprint density at radius 2 is 1.74 bits per heavy atom. The van der Waals surface area contributed by atoms with Crippen LogP contribution >= 0.6 is 46.4 Å². The van der Waals surface area contributed by atoms with E-state index in [9.17, 15) is 9.59 Å². The zero-order valence-electron chi connectivity index (χ0n) is 14.1. The maximum absolute atomic E-state index is 11.4. The fourth-order valence-electron chi connectivity index (χ4n) is 1.62. The Hall–Kier alpha value is -1.90. The third-order valence-corrected chi connectivity index (χ3v) is 4.41. The molecular formula is C16H15Cl4N3O4. The van der Waals surface area contributed by atoms with Gasteiger partial charge in [-0.25, -0.2) is 14.7 Å². The minimum atomic E-state index is -1.14. The largest absolute Gasteiger partial charge is 0.478 e. The molecule has 0 aromatic heterocycles. The topological polar surface area (TPSA) is 105 Å². The van der Waals surface area contributed by atoms with E-state index in [-0.39, 0.29) is 21.3 Å². The van der Waals surface area contributed by atoms with Crippen molar-refractivity contribution >= 4 is 69.8 Å². The molecule has 2 rings (SSSR count). The Bertz CT molecular complexity index is 849. The molecule has 0 heterocycles. The monoisotopic (exact) mass is 453 g/mol. The molecular weight excluding hydrogens is 440 g/mol. The van der Waals surface area contributed by atoms with Crippen LogP contribution in [0.5, 0.6) is 0 Å². The second kappa shape index (κ2) is 10.4. The first-order chi connectivity index (χ1) is 12.6. The molecule has 2 aromatic carbocycles. The van der Waals surface area contributed by atoms with Crippen LogP contribution in [-0.2, 0) is 4.84 Å². The van der Waals surface area contributed by atoms with Crippen molar-refractivity contribution in [3.05, 3.63) is 56.0 Å². The number of amides is 2. The van der Waals surface area contributed by atoms with Crippen molar-refractivity contribution < 1.29 is 19.5 Å². The van der Waals surface area contributed by atoms with Gasteiger partial charge in [0.1, 0.15) is 0 Å². The molecule has 2 amide bonds. The molecule has 146 valence electrons. The van der Waals surface area contributed by atoms with E-state index in [0.717, 1.165) is 5.06 Å². The van der Waals surface area contributed by atoms with E-state index in [4.69, 9.17) is 62.1 Å². The van der Waals surface area contributed by atoms with Gasteiger partial charge in [-0.15, -0.1) is 0 Å². The van der Waals surface area contributed by atoms with Gasteiger partial charge in [0.25, 0.3) is 0 Å². The van der Waals surface area contributed by atoms with Crippen molar-refractivity contribution in [3.63, 3.8) is 0 Å². The lowest BCUT2D eigenvalue weighted by molar-refractivity contribution is -0.0598. The molecule has 0 aliphatic heterocycles. The first-order valence-electron chi connectivity index (χ1n) is 7.08. The molecule has 4 N–H and O–H groups in total. The van der Waals surface area contributed by atoms with E-state index in [1.807, 2.05) is 0 Å². The number of nitrogens with two attached hydrogens (primary N) is 1. The Labute approximate surface area is 175 Å². The zero-order valence-corrected chi connectivity index (χ0v) is 17.1. The number of carboxylic acids is 1. The number of anilines is 2. The fraction of sp³-hybridized carbons (Fsp3) is 0.125. The number of hydrogen-bond donors (Lipinski definition) is 3. The summed E-state index contributed by atoms with van der Waals surface area (Å²) in [6.45, 7) is 0. The van der Waals surface area contributed by atoms with E-state index in [2.05, 4.69) is 5.32 Å². The molecule has 2 aromatic rings. The Kier molecular flexibility index (Phi) is 8.95. The van der Waals surface area contributed by atoms with Crippen molar-refractivity contribution in [2.45, 2.75) is 0 Å². The van der Waals surface area contributed by atoms with Crippen LogP contribution in [0.3, 0.4) is 0 Å². The first kappa shape index (κ1) is 23.1. The van der Waals surface area contributed by atoms with Gasteiger partial charge in [0.2, 0.25) is 0 Å². The van der Waals surface area contributed by atoms with E-state index >= 15 is 0 Å². The number of carbonyl (C=O) groups is 2. The summed E-state index contributed by atoms with van der Waals surface area (Å²) in [5.74, 6) is -1.14. The highest BCUT2D eigenvalue weighted by molar-refractivity contribution is 6.42. The highest BCUT2D eigenvalue weighted by atomic mass is 35.5. The lowest BCUT2D eigenvalue weighted by Crippen LogP contribution is -2.30. The highest BCUT2D eigenvalue weighted by Gasteiger charge is 2.12. The van der Waals surface area contributed by atoms with E-state index in [1.165, 1.54) is 26.3 Å². The van der Waals surface area contributed by atoms with Gasteiger partial charge in [0, 0.05) is 17.8 Å². The van der Waals surface area contributed by atoms with Gasteiger partial charge in [0.15, 0.2) is 0 Å². The van der Waals surface area contributed by atoms with Crippen LogP contribution in [0.2, 0.25) is 20.1 Å². The quantitative estimate of drug-likeness (QED) is 0.431. The fourth-order valence-corrected chi connectivity index (χ4v) is 2.34. The summed E-state index contributed by atoms with van der Waals surface area (Å²) in [4.78, 5) is 26.6. The molecule has 27 heavy (non-hydrogen) atoms. The van der Waals surface area contributed by atoms with Crippen molar-refractivity contribution in [3.8, 4) is 0 Å². The number of hydrogen-bond acceptors (Lipinski definition) is 4. The normalized spacial score (nSPS) is 9.85. The number of rotatable bonds is 3. The van der Waals surface area contributed by atoms with Crippen molar-refractivity contribution in [2.24, 2.45) is 0 Å².